The lowest BCUT2D eigenvalue weighted by Crippen LogP contribution is -2.58. The molecule has 3 rings (SSSR count). The van der Waals surface area contributed by atoms with Gasteiger partial charge in [0.1, 0.15) is 0 Å². The number of nitrogens with zero attached hydrogens (tertiary/aromatic N) is 2. The number of carbonyl (C=O) groups excluding carboxylic acids is 1. The molecular formula is C20H26ClF3N2O3. The van der Waals surface area contributed by atoms with Crippen LogP contribution in [0.3, 0.4) is 0 Å². The fourth-order valence-corrected chi connectivity index (χ4v) is 3.97. The van der Waals surface area contributed by atoms with E-state index in [0.717, 1.165) is 49.1 Å². The predicted octanol–water partition coefficient (Wildman–Crippen LogP) is 3.71. The smallest absolute Gasteiger partial charge is 0.475 e. The SMILES string of the molecule is CC(C)CN1CC2(CCN(C(=O)Cc3ccc(Cl)cc3)C2)C1.O=C(O)C(F)(F)F. The van der Waals surface area contributed by atoms with E-state index in [1.165, 1.54) is 6.54 Å². The third-order valence-electron chi connectivity index (χ3n) is 5.04. The largest absolute Gasteiger partial charge is 0.490 e. The summed E-state index contributed by atoms with van der Waals surface area (Å²) in [5.74, 6) is -1.78. The molecule has 0 aromatic heterocycles. The van der Waals surface area contributed by atoms with Crippen molar-refractivity contribution in [1.82, 2.24) is 9.80 Å². The highest BCUT2D eigenvalue weighted by Crippen LogP contribution is 2.39. The van der Waals surface area contributed by atoms with Crippen LogP contribution < -0.4 is 0 Å². The van der Waals surface area contributed by atoms with Gasteiger partial charge in [-0.05, 0) is 30.0 Å². The van der Waals surface area contributed by atoms with Crippen LogP contribution in [0.5, 0.6) is 0 Å². The molecule has 0 radical (unpaired) electrons. The third-order valence-corrected chi connectivity index (χ3v) is 5.30. The number of amides is 1. The number of carbonyl (C=O) groups is 2. The minimum atomic E-state index is -5.08. The highest BCUT2D eigenvalue weighted by molar-refractivity contribution is 6.30. The van der Waals surface area contributed by atoms with Crippen molar-refractivity contribution >= 4 is 23.5 Å². The molecule has 1 spiro atoms. The summed E-state index contributed by atoms with van der Waals surface area (Å²) in [4.78, 5) is 25.9. The van der Waals surface area contributed by atoms with E-state index in [9.17, 15) is 18.0 Å². The lowest BCUT2D eigenvalue weighted by molar-refractivity contribution is -0.192. The Morgan fingerprint density at radius 3 is 2.21 bits per heavy atom. The molecule has 0 unspecified atom stereocenters. The molecule has 0 atom stereocenters. The topological polar surface area (TPSA) is 60.9 Å². The van der Waals surface area contributed by atoms with E-state index in [2.05, 4.69) is 23.6 Å². The fraction of sp³-hybridized carbons (Fsp3) is 0.600. The molecular weight excluding hydrogens is 409 g/mol. The van der Waals surface area contributed by atoms with E-state index in [1.54, 1.807) is 0 Å². The minimum Gasteiger partial charge on any atom is -0.475 e. The summed E-state index contributed by atoms with van der Waals surface area (Å²) in [6.45, 7) is 9.89. The molecule has 2 fully saturated rings. The van der Waals surface area contributed by atoms with Crippen LogP contribution in [0.4, 0.5) is 13.2 Å². The van der Waals surface area contributed by atoms with Gasteiger partial charge in [-0.3, -0.25) is 4.79 Å². The Labute approximate surface area is 173 Å². The Morgan fingerprint density at radius 1 is 1.17 bits per heavy atom. The number of carboxylic acids is 1. The highest BCUT2D eigenvalue weighted by atomic mass is 35.5. The van der Waals surface area contributed by atoms with Crippen molar-refractivity contribution in [2.24, 2.45) is 11.3 Å². The van der Waals surface area contributed by atoms with Crippen LogP contribution in [0.2, 0.25) is 5.02 Å². The highest BCUT2D eigenvalue weighted by Gasteiger charge is 2.48. The predicted molar refractivity (Wildman–Crippen MR) is 104 cm³/mol. The van der Waals surface area contributed by atoms with E-state index in [4.69, 9.17) is 21.5 Å². The molecule has 29 heavy (non-hydrogen) atoms. The molecule has 2 aliphatic rings. The number of aliphatic carboxylic acids is 1. The van der Waals surface area contributed by atoms with Crippen molar-refractivity contribution < 1.29 is 27.9 Å². The number of hydrogen-bond acceptors (Lipinski definition) is 3. The Kier molecular flexibility index (Phi) is 7.56. The van der Waals surface area contributed by atoms with Crippen LogP contribution in [0.15, 0.2) is 24.3 Å². The van der Waals surface area contributed by atoms with Crippen molar-refractivity contribution in [3.63, 3.8) is 0 Å². The van der Waals surface area contributed by atoms with Crippen LogP contribution >= 0.6 is 11.6 Å². The summed E-state index contributed by atoms with van der Waals surface area (Å²) in [5.41, 5.74) is 1.43. The van der Waals surface area contributed by atoms with Gasteiger partial charge in [-0.25, -0.2) is 4.79 Å². The van der Waals surface area contributed by atoms with Crippen LogP contribution in [0, 0.1) is 11.3 Å². The molecule has 0 saturated carbocycles. The van der Waals surface area contributed by atoms with Gasteiger partial charge < -0.3 is 14.9 Å². The molecule has 2 heterocycles. The molecule has 1 amide bonds. The van der Waals surface area contributed by atoms with Crippen LogP contribution in [0.1, 0.15) is 25.8 Å². The number of rotatable bonds is 4. The summed E-state index contributed by atoms with van der Waals surface area (Å²) in [5, 5.41) is 7.84. The maximum atomic E-state index is 12.5. The molecule has 2 saturated heterocycles. The number of likely N-dealkylation sites (tertiary alicyclic amines) is 2. The van der Waals surface area contributed by atoms with E-state index >= 15 is 0 Å². The molecule has 5 nitrogen and oxygen atoms in total. The molecule has 0 aliphatic carbocycles. The van der Waals surface area contributed by atoms with Crippen molar-refractivity contribution in [2.75, 3.05) is 32.7 Å². The van der Waals surface area contributed by atoms with E-state index in [1.807, 2.05) is 24.3 Å². The second-order valence-corrected chi connectivity index (χ2v) is 8.67. The van der Waals surface area contributed by atoms with Gasteiger partial charge in [0.25, 0.3) is 0 Å². The summed E-state index contributed by atoms with van der Waals surface area (Å²) in [7, 11) is 0. The van der Waals surface area contributed by atoms with Crippen molar-refractivity contribution in [1.29, 1.82) is 0 Å². The summed E-state index contributed by atoms with van der Waals surface area (Å²) >= 11 is 5.89. The van der Waals surface area contributed by atoms with Gasteiger partial charge in [-0.2, -0.15) is 13.2 Å². The van der Waals surface area contributed by atoms with Crippen LogP contribution in [0.25, 0.3) is 0 Å². The Bertz CT molecular complexity index is 717. The second kappa shape index (κ2) is 9.34. The van der Waals surface area contributed by atoms with Gasteiger partial charge in [-0.1, -0.05) is 37.6 Å². The van der Waals surface area contributed by atoms with Gasteiger partial charge in [0.05, 0.1) is 6.42 Å². The first-order valence-electron chi connectivity index (χ1n) is 9.45. The standard InChI is InChI=1S/C18H25ClN2O.C2HF3O2/c1-14(2)10-20-11-18(12-20)7-8-21(13-18)17(22)9-15-3-5-16(19)6-4-15;3-2(4,5)1(6)7/h3-6,14H,7-13H2,1-2H3;(H,6,7). The Morgan fingerprint density at radius 2 is 1.72 bits per heavy atom. The zero-order valence-corrected chi connectivity index (χ0v) is 17.3. The summed E-state index contributed by atoms with van der Waals surface area (Å²) in [6, 6.07) is 7.59. The Hall–Kier alpha value is -1.80. The number of alkyl halides is 3. The first-order chi connectivity index (χ1) is 13.4. The van der Waals surface area contributed by atoms with E-state index < -0.39 is 12.1 Å². The Balaban J connectivity index is 0.000000370. The van der Waals surface area contributed by atoms with Gasteiger partial charge in [0.15, 0.2) is 0 Å². The first kappa shape index (κ1) is 23.5. The second-order valence-electron chi connectivity index (χ2n) is 8.23. The molecule has 0 bridgehead atoms. The zero-order chi connectivity index (χ0) is 21.8. The number of hydrogen-bond donors (Lipinski definition) is 1. The summed E-state index contributed by atoms with van der Waals surface area (Å²) in [6.07, 6.45) is -3.43. The average molecular weight is 435 g/mol. The quantitative estimate of drug-likeness (QED) is 0.784. The minimum absolute atomic E-state index is 0.251. The van der Waals surface area contributed by atoms with Crippen molar-refractivity contribution in [3.8, 4) is 0 Å². The van der Waals surface area contributed by atoms with Crippen LogP contribution in [-0.4, -0.2) is 65.7 Å². The van der Waals surface area contributed by atoms with Crippen LogP contribution in [-0.2, 0) is 16.0 Å². The van der Waals surface area contributed by atoms with E-state index in [-0.39, 0.29) is 5.91 Å². The monoisotopic (exact) mass is 434 g/mol. The fourth-order valence-electron chi connectivity index (χ4n) is 3.84. The summed E-state index contributed by atoms with van der Waals surface area (Å²) < 4.78 is 31.7. The lowest BCUT2D eigenvalue weighted by Gasteiger charge is -2.48. The normalized spacial score (nSPS) is 18.4. The van der Waals surface area contributed by atoms with Crippen molar-refractivity contribution in [2.45, 2.75) is 32.9 Å². The van der Waals surface area contributed by atoms with Gasteiger partial charge in [0, 0.05) is 43.2 Å². The number of halogens is 4. The molecule has 1 N–H and O–H groups in total. The molecule has 1 aromatic rings. The van der Waals surface area contributed by atoms with Crippen molar-refractivity contribution in [3.05, 3.63) is 34.9 Å². The maximum absolute atomic E-state index is 12.5. The number of benzene rings is 1. The third kappa shape index (κ3) is 6.89. The first-order valence-corrected chi connectivity index (χ1v) is 9.83. The van der Waals surface area contributed by atoms with Gasteiger partial charge >= 0.3 is 12.1 Å². The molecule has 9 heteroatoms. The lowest BCUT2D eigenvalue weighted by atomic mass is 9.78. The van der Waals surface area contributed by atoms with E-state index in [0.29, 0.717) is 11.8 Å². The maximum Gasteiger partial charge on any atom is 0.490 e. The number of carboxylic acid groups (broad SMARTS) is 1. The molecule has 162 valence electrons. The zero-order valence-electron chi connectivity index (χ0n) is 16.5. The average Bonchev–Trinajstić information content (AvgIpc) is 3.01. The molecule has 2 aliphatic heterocycles. The van der Waals surface area contributed by atoms with Gasteiger partial charge in [-0.15, -0.1) is 0 Å². The molecule has 1 aromatic carbocycles. The van der Waals surface area contributed by atoms with Gasteiger partial charge in [0.2, 0.25) is 5.91 Å².